The van der Waals surface area contributed by atoms with Crippen LogP contribution in [0.1, 0.15) is 39.5 Å². The van der Waals surface area contributed by atoms with Crippen molar-refractivity contribution < 1.29 is 19.5 Å². The van der Waals surface area contributed by atoms with E-state index in [1.54, 1.807) is 0 Å². The van der Waals surface area contributed by atoms with E-state index in [0.29, 0.717) is 13.0 Å². The molecule has 0 aromatic carbocycles. The van der Waals surface area contributed by atoms with E-state index in [2.05, 4.69) is 16.0 Å². The Morgan fingerprint density at radius 3 is 2.37 bits per heavy atom. The lowest BCUT2D eigenvalue weighted by Gasteiger charge is -2.16. The first-order valence-corrected chi connectivity index (χ1v) is 6.52. The van der Waals surface area contributed by atoms with E-state index < -0.39 is 12.0 Å². The van der Waals surface area contributed by atoms with Crippen molar-refractivity contribution in [1.29, 1.82) is 0 Å². The van der Waals surface area contributed by atoms with Gasteiger partial charge in [-0.1, -0.05) is 13.3 Å². The Balaban J connectivity index is 3.92. The molecule has 7 heteroatoms. The standard InChI is InChI=1S/C12H23N3O4/c1-3-5-9(8-11(17)18)15-12(19)14-7-6-10(16)13-4-2/h9H,3-8H2,1-2H3,(H,13,16)(H,17,18)(H2,14,15,19). The summed E-state index contributed by atoms with van der Waals surface area (Å²) in [6.45, 7) is 4.52. The second-order valence-electron chi connectivity index (χ2n) is 4.19. The number of hydrogen-bond donors (Lipinski definition) is 4. The Morgan fingerprint density at radius 2 is 1.84 bits per heavy atom. The number of aliphatic carboxylic acids is 1. The minimum absolute atomic E-state index is 0.0996. The maximum Gasteiger partial charge on any atom is 0.315 e. The fraction of sp³-hybridized carbons (Fsp3) is 0.750. The summed E-state index contributed by atoms with van der Waals surface area (Å²) in [5, 5.41) is 16.4. The molecule has 0 heterocycles. The summed E-state index contributed by atoms with van der Waals surface area (Å²) in [5.41, 5.74) is 0. The molecule has 0 radical (unpaired) electrons. The van der Waals surface area contributed by atoms with Gasteiger partial charge in [0.15, 0.2) is 0 Å². The third kappa shape index (κ3) is 9.87. The zero-order valence-electron chi connectivity index (χ0n) is 11.5. The molecule has 0 fully saturated rings. The number of carboxylic acids is 1. The molecular weight excluding hydrogens is 250 g/mol. The van der Waals surface area contributed by atoms with Crippen LogP contribution in [0.25, 0.3) is 0 Å². The van der Waals surface area contributed by atoms with Gasteiger partial charge >= 0.3 is 12.0 Å². The molecule has 0 aliphatic rings. The number of rotatable bonds is 9. The first kappa shape index (κ1) is 17.2. The fourth-order valence-corrected chi connectivity index (χ4v) is 1.60. The van der Waals surface area contributed by atoms with Crippen molar-refractivity contribution in [3.63, 3.8) is 0 Å². The molecule has 0 aromatic rings. The molecule has 0 bridgehead atoms. The average molecular weight is 273 g/mol. The maximum absolute atomic E-state index is 11.5. The highest BCUT2D eigenvalue weighted by Gasteiger charge is 2.14. The highest BCUT2D eigenvalue weighted by atomic mass is 16.4. The molecule has 0 spiro atoms. The number of amides is 3. The maximum atomic E-state index is 11.5. The van der Waals surface area contributed by atoms with Gasteiger partial charge in [-0.05, 0) is 13.3 Å². The number of nitrogens with one attached hydrogen (secondary N) is 3. The lowest BCUT2D eigenvalue weighted by Crippen LogP contribution is -2.44. The molecule has 0 aliphatic heterocycles. The minimum atomic E-state index is -0.943. The van der Waals surface area contributed by atoms with Gasteiger partial charge in [-0.3, -0.25) is 9.59 Å². The zero-order valence-corrected chi connectivity index (χ0v) is 11.5. The number of carboxylic acid groups (broad SMARTS) is 1. The molecule has 3 amide bonds. The smallest absolute Gasteiger partial charge is 0.315 e. The summed E-state index contributed by atoms with van der Waals surface area (Å²) < 4.78 is 0. The van der Waals surface area contributed by atoms with Crippen LogP contribution in [0, 0.1) is 0 Å². The number of carbonyl (C=O) groups is 3. The van der Waals surface area contributed by atoms with Gasteiger partial charge < -0.3 is 21.1 Å². The Morgan fingerprint density at radius 1 is 1.16 bits per heavy atom. The lowest BCUT2D eigenvalue weighted by molar-refractivity contribution is -0.137. The summed E-state index contributed by atoms with van der Waals surface area (Å²) in [7, 11) is 0. The predicted molar refractivity (Wildman–Crippen MR) is 70.8 cm³/mol. The third-order valence-electron chi connectivity index (χ3n) is 2.40. The van der Waals surface area contributed by atoms with Crippen molar-refractivity contribution >= 4 is 17.9 Å². The summed E-state index contributed by atoms with van der Waals surface area (Å²) in [6.07, 6.45) is 1.50. The molecule has 7 nitrogen and oxygen atoms in total. The van der Waals surface area contributed by atoms with Crippen molar-refractivity contribution in [1.82, 2.24) is 16.0 Å². The van der Waals surface area contributed by atoms with Crippen LogP contribution in [0.5, 0.6) is 0 Å². The van der Waals surface area contributed by atoms with E-state index >= 15 is 0 Å². The van der Waals surface area contributed by atoms with Gasteiger partial charge in [0.2, 0.25) is 5.91 Å². The second kappa shape index (κ2) is 10.2. The predicted octanol–water partition coefficient (Wildman–Crippen LogP) is 0.455. The molecule has 0 saturated carbocycles. The topological polar surface area (TPSA) is 108 Å². The van der Waals surface area contributed by atoms with E-state index in [9.17, 15) is 14.4 Å². The molecule has 1 atom stereocenters. The van der Waals surface area contributed by atoms with Crippen molar-refractivity contribution in [2.45, 2.75) is 45.6 Å². The van der Waals surface area contributed by atoms with Crippen LogP contribution in [0.4, 0.5) is 4.79 Å². The van der Waals surface area contributed by atoms with Gasteiger partial charge in [0, 0.05) is 25.6 Å². The second-order valence-corrected chi connectivity index (χ2v) is 4.19. The van der Waals surface area contributed by atoms with Gasteiger partial charge in [0.05, 0.1) is 6.42 Å². The molecule has 1 unspecified atom stereocenters. The number of carbonyl (C=O) groups excluding carboxylic acids is 2. The molecule has 0 aliphatic carbocycles. The average Bonchev–Trinajstić information content (AvgIpc) is 2.28. The third-order valence-corrected chi connectivity index (χ3v) is 2.40. The summed E-state index contributed by atoms with van der Waals surface area (Å²) >= 11 is 0. The van der Waals surface area contributed by atoms with E-state index in [4.69, 9.17) is 5.11 Å². The fourth-order valence-electron chi connectivity index (χ4n) is 1.60. The van der Waals surface area contributed by atoms with E-state index in [-0.39, 0.29) is 31.3 Å². The Bertz CT molecular complexity index is 307. The van der Waals surface area contributed by atoms with Crippen molar-refractivity contribution in [3.05, 3.63) is 0 Å². The van der Waals surface area contributed by atoms with E-state index in [1.165, 1.54) is 0 Å². The van der Waals surface area contributed by atoms with Crippen molar-refractivity contribution in [3.8, 4) is 0 Å². The summed E-state index contributed by atoms with van der Waals surface area (Å²) in [4.78, 5) is 33.3. The van der Waals surface area contributed by atoms with Gasteiger partial charge in [0.1, 0.15) is 0 Å². The number of urea groups is 1. The first-order valence-electron chi connectivity index (χ1n) is 6.52. The normalized spacial score (nSPS) is 11.5. The highest BCUT2D eigenvalue weighted by Crippen LogP contribution is 2.01. The van der Waals surface area contributed by atoms with Gasteiger partial charge in [-0.15, -0.1) is 0 Å². The Kier molecular flexibility index (Phi) is 9.20. The largest absolute Gasteiger partial charge is 0.481 e. The molecule has 0 rings (SSSR count). The molecule has 110 valence electrons. The van der Waals surface area contributed by atoms with Crippen LogP contribution in [-0.4, -0.2) is 42.1 Å². The van der Waals surface area contributed by atoms with Crippen LogP contribution < -0.4 is 16.0 Å². The Labute approximate surface area is 113 Å². The molecule has 0 saturated heterocycles. The van der Waals surface area contributed by atoms with E-state index in [0.717, 1.165) is 6.42 Å². The molecule has 19 heavy (non-hydrogen) atoms. The van der Waals surface area contributed by atoms with Crippen molar-refractivity contribution in [2.24, 2.45) is 0 Å². The van der Waals surface area contributed by atoms with Crippen LogP contribution in [-0.2, 0) is 9.59 Å². The van der Waals surface area contributed by atoms with E-state index in [1.807, 2.05) is 13.8 Å². The van der Waals surface area contributed by atoms with Crippen LogP contribution >= 0.6 is 0 Å². The van der Waals surface area contributed by atoms with Crippen LogP contribution in [0.3, 0.4) is 0 Å². The summed E-state index contributed by atoms with van der Waals surface area (Å²) in [5.74, 6) is -1.07. The highest BCUT2D eigenvalue weighted by molar-refractivity contribution is 5.78. The Hall–Kier alpha value is -1.79. The monoisotopic (exact) mass is 273 g/mol. The lowest BCUT2D eigenvalue weighted by atomic mass is 10.1. The van der Waals surface area contributed by atoms with Crippen LogP contribution in [0.2, 0.25) is 0 Å². The zero-order chi connectivity index (χ0) is 14.7. The van der Waals surface area contributed by atoms with Gasteiger partial charge in [-0.25, -0.2) is 4.79 Å². The minimum Gasteiger partial charge on any atom is -0.481 e. The first-order chi connectivity index (χ1) is 8.99. The van der Waals surface area contributed by atoms with Gasteiger partial charge in [-0.2, -0.15) is 0 Å². The molecule has 4 N–H and O–H groups in total. The number of hydrogen-bond acceptors (Lipinski definition) is 3. The van der Waals surface area contributed by atoms with Gasteiger partial charge in [0.25, 0.3) is 0 Å². The van der Waals surface area contributed by atoms with Crippen LogP contribution in [0.15, 0.2) is 0 Å². The molecule has 0 aromatic heterocycles. The summed E-state index contributed by atoms with van der Waals surface area (Å²) in [6, 6.07) is -0.823. The SMILES string of the molecule is CCCC(CC(=O)O)NC(=O)NCCC(=O)NCC. The van der Waals surface area contributed by atoms with Crippen molar-refractivity contribution in [2.75, 3.05) is 13.1 Å². The molecular formula is C12H23N3O4. The quantitative estimate of drug-likeness (QED) is 0.489.